The predicted octanol–water partition coefficient (Wildman–Crippen LogP) is 3.01. The fourth-order valence-corrected chi connectivity index (χ4v) is 2.76. The van der Waals surface area contributed by atoms with Crippen molar-refractivity contribution in [1.29, 1.82) is 0 Å². The molecule has 26 heavy (non-hydrogen) atoms. The maximum atomic E-state index is 14.0. The van der Waals surface area contributed by atoms with E-state index in [1.54, 1.807) is 0 Å². The third-order valence-electron chi connectivity index (χ3n) is 4.29. The van der Waals surface area contributed by atoms with Gasteiger partial charge in [-0.25, -0.2) is 4.39 Å². The summed E-state index contributed by atoms with van der Waals surface area (Å²) in [6.45, 7) is 5.66. The van der Waals surface area contributed by atoms with Gasteiger partial charge in [0.25, 0.3) is 0 Å². The second kappa shape index (κ2) is 10.9. The average Bonchev–Trinajstić information content (AvgIpc) is 2.64. The number of rotatable bonds is 9. The maximum Gasteiger partial charge on any atom is 0.225 e. The Morgan fingerprint density at radius 1 is 1.12 bits per heavy atom. The highest BCUT2D eigenvalue weighted by Crippen LogP contribution is 2.20. The van der Waals surface area contributed by atoms with E-state index in [-0.39, 0.29) is 23.9 Å². The molecule has 0 radical (unpaired) electrons. The zero-order chi connectivity index (χ0) is 18.8. The number of carbonyl (C=O) groups excluding carboxylic acids is 2. The Balaban J connectivity index is 1.83. The number of benzene rings is 1. The van der Waals surface area contributed by atoms with E-state index in [2.05, 4.69) is 22.5 Å². The van der Waals surface area contributed by atoms with Gasteiger partial charge in [0.2, 0.25) is 11.8 Å². The average molecular weight is 365 g/mol. The molecule has 1 aliphatic heterocycles. The van der Waals surface area contributed by atoms with Gasteiger partial charge in [0, 0.05) is 38.2 Å². The van der Waals surface area contributed by atoms with E-state index in [0.29, 0.717) is 31.9 Å². The van der Waals surface area contributed by atoms with Crippen molar-refractivity contribution in [2.45, 2.75) is 39.0 Å². The van der Waals surface area contributed by atoms with Gasteiger partial charge in [-0.05, 0) is 24.6 Å². The number of nitrogens with one attached hydrogen (secondary N) is 2. The molecule has 1 aromatic carbocycles. The van der Waals surface area contributed by atoms with Crippen molar-refractivity contribution >= 4 is 23.2 Å². The molecule has 144 valence electrons. The number of halogens is 1. The lowest BCUT2D eigenvalue weighted by atomic mass is 10.2. The van der Waals surface area contributed by atoms with E-state index in [9.17, 15) is 14.0 Å². The molecule has 1 heterocycles. The molecule has 1 fully saturated rings. The van der Waals surface area contributed by atoms with Crippen LogP contribution in [0, 0.1) is 5.82 Å². The first kappa shape index (κ1) is 20.3. The van der Waals surface area contributed by atoms with Crippen LogP contribution in [0.4, 0.5) is 15.8 Å². The van der Waals surface area contributed by atoms with Crippen LogP contribution in [-0.2, 0) is 14.3 Å². The molecule has 0 aliphatic carbocycles. The maximum absolute atomic E-state index is 14.0. The number of hydrogen-bond donors (Lipinski definition) is 2. The van der Waals surface area contributed by atoms with Crippen LogP contribution in [0.3, 0.4) is 0 Å². The van der Waals surface area contributed by atoms with Gasteiger partial charge in [-0.1, -0.05) is 19.8 Å². The third kappa shape index (κ3) is 7.09. The molecule has 1 aromatic rings. The highest BCUT2D eigenvalue weighted by Gasteiger charge is 2.14. The zero-order valence-electron chi connectivity index (χ0n) is 15.4. The van der Waals surface area contributed by atoms with Gasteiger partial charge in [-0.15, -0.1) is 0 Å². The Morgan fingerprint density at radius 3 is 2.58 bits per heavy atom. The van der Waals surface area contributed by atoms with Crippen LogP contribution in [0.1, 0.15) is 39.0 Å². The second-order valence-corrected chi connectivity index (χ2v) is 6.45. The molecular weight excluding hydrogens is 337 g/mol. The fraction of sp³-hybridized carbons (Fsp3) is 0.579. The van der Waals surface area contributed by atoms with Crippen molar-refractivity contribution in [2.75, 3.05) is 43.5 Å². The minimum atomic E-state index is -0.520. The van der Waals surface area contributed by atoms with Gasteiger partial charge in [0.05, 0.1) is 18.9 Å². The van der Waals surface area contributed by atoms with Gasteiger partial charge in [-0.2, -0.15) is 0 Å². The third-order valence-corrected chi connectivity index (χ3v) is 4.29. The SMILES string of the molecule is CCCCCC(=O)Nc1ccc(F)c(NC(=O)CCN2CCOCC2)c1. The van der Waals surface area contributed by atoms with Crippen LogP contribution in [0.5, 0.6) is 0 Å². The minimum absolute atomic E-state index is 0.0864. The van der Waals surface area contributed by atoms with Crippen molar-refractivity contribution in [3.05, 3.63) is 24.0 Å². The molecule has 0 bridgehead atoms. The molecule has 0 aromatic heterocycles. The van der Waals surface area contributed by atoms with Crippen molar-refractivity contribution in [3.8, 4) is 0 Å². The normalized spacial score (nSPS) is 14.8. The molecule has 6 nitrogen and oxygen atoms in total. The molecule has 0 saturated carbocycles. The number of anilines is 2. The Hall–Kier alpha value is -1.99. The van der Waals surface area contributed by atoms with Crippen LogP contribution in [0.2, 0.25) is 0 Å². The van der Waals surface area contributed by atoms with Crippen LogP contribution >= 0.6 is 0 Å². The number of morpholine rings is 1. The quantitative estimate of drug-likeness (QED) is 0.660. The number of amides is 2. The Bertz CT molecular complexity index is 604. The number of nitrogens with zero attached hydrogens (tertiary/aromatic N) is 1. The summed E-state index contributed by atoms with van der Waals surface area (Å²) in [7, 11) is 0. The van der Waals surface area contributed by atoms with E-state index in [1.165, 1.54) is 18.2 Å². The molecule has 0 atom stereocenters. The lowest BCUT2D eigenvalue weighted by Gasteiger charge is -2.26. The largest absolute Gasteiger partial charge is 0.379 e. The van der Waals surface area contributed by atoms with Gasteiger partial charge in [0.15, 0.2) is 0 Å². The summed E-state index contributed by atoms with van der Waals surface area (Å²) >= 11 is 0. The molecule has 2 N–H and O–H groups in total. The van der Waals surface area contributed by atoms with E-state index < -0.39 is 5.82 Å². The van der Waals surface area contributed by atoms with E-state index in [1.807, 2.05) is 0 Å². The molecule has 2 rings (SSSR count). The van der Waals surface area contributed by atoms with Crippen LogP contribution in [-0.4, -0.2) is 49.6 Å². The smallest absolute Gasteiger partial charge is 0.225 e. The second-order valence-electron chi connectivity index (χ2n) is 6.45. The molecule has 1 aliphatic rings. The van der Waals surface area contributed by atoms with Gasteiger partial charge in [-0.3, -0.25) is 14.5 Å². The summed E-state index contributed by atoms with van der Waals surface area (Å²) in [5.74, 6) is -0.870. The van der Waals surface area contributed by atoms with Crippen LogP contribution in [0.15, 0.2) is 18.2 Å². The van der Waals surface area contributed by atoms with E-state index >= 15 is 0 Å². The molecule has 0 unspecified atom stereocenters. The first-order chi connectivity index (χ1) is 12.6. The van der Waals surface area contributed by atoms with E-state index in [4.69, 9.17) is 4.74 Å². The Labute approximate surface area is 154 Å². The van der Waals surface area contributed by atoms with Crippen LogP contribution in [0.25, 0.3) is 0 Å². The Morgan fingerprint density at radius 2 is 1.85 bits per heavy atom. The van der Waals surface area contributed by atoms with Crippen LogP contribution < -0.4 is 10.6 Å². The van der Waals surface area contributed by atoms with E-state index in [0.717, 1.165) is 32.4 Å². The summed E-state index contributed by atoms with van der Waals surface area (Å²) < 4.78 is 19.2. The fourth-order valence-electron chi connectivity index (χ4n) is 2.76. The molecular formula is C19H28FN3O3. The molecule has 0 spiro atoms. The Kier molecular flexibility index (Phi) is 8.50. The molecule has 1 saturated heterocycles. The number of ether oxygens (including phenoxy) is 1. The van der Waals surface area contributed by atoms with Crippen molar-refractivity contribution in [1.82, 2.24) is 4.90 Å². The number of unbranched alkanes of at least 4 members (excludes halogenated alkanes) is 2. The highest BCUT2D eigenvalue weighted by atomic mass is 19.1. The number of hydrogen-bond acceptors (Lipinski definition) is 4. The summed E-state index contributed by atoms with van der Waals surface area (Å²) in [5, 5.41) is 5.34. The zero-order valence-corrected chi connectivity index (χ0v) is 15.4. The molecule has 2 amide bonds. The van der Waals surface area contributed by atoms with Crippen molar-refractivity contribution in [2.24, 2.45) is 0 Å². The lowest BCUT2D eigenvalue weighted by Crippen LogP contribution is -2.38. The summed E-state index contributed by atoms with van der Waals surface area (Å²) in [6.07, 6.45) is 3.60. The first-order valence-corrected chi connectivity index (χ1v) is 9.28. The lowest BCUT2D eigenvalue weighted by molar-refractivity contribution is -0.117. The first-order valence-electron chi connectivity index (χ1n) is 9.28. The number of carbonyl (C=O) groups is 2. The van der Waals surface area contributed by atoms with Gasteiger partial charge in [0.1, 0.15) is 5.82 Å². The highest BCUT2D eigenvalue weighted by molar-refractivity contribution is 5.94. The summed E-state index contributed by atoms with van der Waals surface area (Å²) in [5.41, 5.74) is 0.569. The van der Waals surface area contributed by atoms with Gasteiger partial charge < -0.3 is 15.4 Å². The molecule has 7 heteroatoms. The predicted molar refractivity (Wildman–Crippen MR) is 99.7 cm³/mol. The topological polar surface area (TPSA) is 70.7 Å². The minimum Gasteiger partial charge on any atom is -0.379 e. The summed E-state index contributed by atoms with van der Waals surface area (Å²) in [6, 6.07) is 4.20. The van der Waals surface area contributed by atoms with Crippen molar-refractivity contribution < 1.29 is 18.7 Å². The van der Waals surface area contributed by atoms with Crippen molar-refractivity contribution in [3.63, 3.8) is 0 Å². The standard InChI is InChI=1S/C19H28FN3O3/c1-2-3-4-5-18(24)21-15-6-7-16(20)17(14-15)22-19(25)8-9-23-10-12-26-13-11-23/h6-7,14H,2-5,8-13H2,1H3,(H,21,24)(H,22,25). The van der Waals surface area contributed by atoms with Gasteiger partial charge >= 0.3 is 0 Å². The monoisotopic (exact) mass is 365 g/mol. The summed E-state index contributed by atoms with van der Waals surface area (Å²) in [4.78, 5) is 26.1.